The molecule has 0 spiro atoms. The summed E-state index contributed by atoms with van der Waals surface area (Å²) < 4.78 is 48.5. The van der Waals surface area contributed by atoms with Gasteiger partial charge in [0, 0.05) is 13.1 Å². The van der Waals surface area contributed by atoms with E-state index in [0.717, 1.165) is 0 Å². The number of carbonyl (C=O) groups is 2. The Hall–Kier alpha value is -1.50. The number of piperidine rings is 2. The number of urea groups is 1. The van der Waals surface area contributed by atoms with Gasteiger partial charge in [-0.25, -0.2) is 9.18 Å². The maximum Gasteiger partial charge on any atom is 0.418 e. The van der Waals surface area contributed by atoms with Crippen LogP contribution in [0.1, 0.15) is 19.3 Å². The van der Waals surface area contributed by atoms with Gasteiger partial charge in [0.1, 0.15) is 12.2 Å². The second-order valence-corrected chi connectivity index (χ2v) is 7.14. The molecule has 3 aliphatic rings. The van der Waals surface area contributed by atoms with Gasteiger partial charge in [0.15, 0.2) is 0 Å². The van der Waals surface area contributed by atoms with Crippen LogP contribution in [-0.4, -0.2) is 78.8 Å². The highest BCUT2D eigenvalue weighted by atomic mass is 32.3. The third-order valence-corrected chi connectivity index (χ3v) is 4.88. The zero-order valence-electron chi connectivity index (χ0n) is 12.7. The number of rotatable bonds is 4. The fourth-order valence-corrected chi connectivity index (χ4v) is 3.75. The summed E-state index contributed by atoms with van der Waals surface area (Å²) in [6.07, 6.45) is -0.113. The van der Waals surface area contributed by atoms with Crippen LogP contribution in [0.25, 0.3) is 0 Å². The van der Waals surface area contributed by atoms with Crippen molar-refractivity contribution in [3.05, 3.63) is 0 Å². The van der Waals surface area contributed by atoms with E-state index in [4.69, 9.17) is 4.55 Å². The van der Waals surface area contributed by atoms with Gasteiger partial charge >= 0.3 is 16.4 Å². The summed E-state index contributed by atoms with van der Waals surface area (Å²) in [5, 5.41) is 6.09. The molecule has 3 saturated heterocycles. The zero-order valence-corrected chi connectivity index (χ0v) is 13.5. The van der Waals surface area contributed by atoms with Crippen molar-refractivity contribution in [2.45, 2.75) is 43.6 Å². The van der Waals surface area contributed by atoms with Crippen LogP contribution < -0.4 is 10.6 Å². The van der Waals surface area contributed by atoms with Crippen molar-refractivity contribution in [1.82, 2.24) is 20.6 Å². The van der Waals surface area contributed by atoms with E-state index >= 15 is 0 Å². The molecule has 0 aromatic heterocycles. The highest BCUT2D eigenvalue weighted by Gasteiger charge is 2.49. The number of fused-ring (bicyclic) bond motifs is 2. The second kappa shape index (κ2) is 6.43. The number of carbonyl (C=O) groups excluding carboxylic acids is 2. The van der Waals surface area contributed by atoms with Crippen LogP contribution in [0, 0.1) is 0 Å². The average Bonchev–Trinajstić information content (AvgIpc) is 2.73. The van der Waals surface area contributed by atoms with E-state index in [0.29, 0.717) is 30.9 Å². The lowest BCUT2D eigenvalue weighted by molar-refractivity contribution is -0.127. The predicted molar refractivity (Wildman–Crippen MR) is 77.7 cm³/mol. The normalized spacial score (nSPS) is 33.7. The van der Waals surface area contributed by atoms with Crippen molar-refractivity contribution in [1.29, 1.82) is 0 Å². The molecule has 12 heteroatoms. The lowest BCUT2D eigenvalue weighted by Crippen LogP contribution is -2.56. The molecule has 0 saturated carbocycles. The standard InChI is InChI=1S/C12H19FN4O6S/c13-8-5-14-4-3-9(8)15-11(18)10-2-1-7-6-16(10)12(19)17(7)23-24(20,21)22/h7-10,14H,1-6H2,(H,15,18)(H,20,21,22)/t7-,8-,9-,10-/m0/s1. The van der Waals surface area contributed by atoms with Crippen molar-refractivity contribution in [3.8, 4) is 0 Å². The minimum Gasteiger partial charge on any atom is -0.349 e. The molecule has 0 aromatic rings. The highest BCUT2D eigenvalue weighted by Crippen LogP contribution is 2.30. The smallest absolute Gasteiger partial charge is 0.349 e. The van der Waals surface area contributed by atoms with Crippen molar-refractivity contribution in [2.75, 3.05) is 19.6 Å². The molecule has 0 unspecified atom stereocenters. The summed E-state index contributed by atoms with van der Waals surface area (Å²) >= 11 is 0. The van der Waals surface area contributed by atoms with Gasteiger partial charge in [0.25, 0.3) is 0 Å². The first kappa shape index (κ1) is 17.3. The number of hydrogen-bond donors (Lipinski definition) is 3. The van der Waals surface area contributed by atoms with Gasteiger partial charge < -0.3 is 15.5 Å². The Morgan fingerprint density at radius 3 is 2.79 bits per heavy atom. The van der Waals surface area contributed by atoms with E-state index in [-0.39, 0.29) is 13.1 Å². The summed E-state index contributed by atoms with van der Waals surface area (Å²) in [6.45, 7) is 0.866. The van der Waals surface area contributed by atoms with Gasteiger partial charge in [-0.05, 0) is 25.8 Å². The van der Waals surface area contributed by atoms with Crippen LogP contribution in [0.3, 0.4) is 0 Å². The fourth-order valence-electron chi connectivity index (χ4n) is 3.37. The number of hydroxylamine groups is 2. The van der Waals surface area contributed by atoms with Crippen LogP contribution in [0.4, 0.5) is 9.18 Å². The Bertz CT molecular complexity index is 631. The number of nitrogens with one attached hydrogen (secondary N) is 2. The third kappa shape index (κ3) is 3.45. The van der Waals surface area contributed by atoms with Crippen LogP contribution in [0.5, 0.6) is 0 Å². The molecule has 0 aromatic carbocycles. The molecule has 136 valence electrons. The van der Waals surface area contributed by atoms with E-state index in [9.17, 15) is 22.4 Å². The Morgan fingerprint density at radius 2 is 2.12 bits per heavy atom. The Kier molecular flexibility index (Phi) is 4.64. The van der Waals surface area contributed by atoms with Crippen LogP contribution in [-0.2, 0) is 19.5 Å². The lowest BCUT2D eigenvalue weighted by atomic mass is 9.98. The van der Waals surface area contributed by atoms with E-state index in [1.54, 1.807) is 0 Å². The molecule has 3 amide bonds. The minimum absolute atomic E-state index is 0.109. The molecule has 3 N–H and O–H groups in total. The SMILES string of the molecule is O=C(N[C@H]1CCNC[C@@H]1F)[C@@H]1CC[C@H]2CN1C(=O)N2OS(=O)(=O)O. The molecule has 3 aliphatic heterocycles. The monoisotopic (exact) mass is 366 g/mol. The Morgan fingerprint density at radius 1 is 1.38 bits per heavy atom. The number of nitrogens with zero attached hydrogens (tertiary/aromatic N) is 2. The van der Waals surface area contributed by atoms with Gasteiger partial charge in [-0.1, -0.05) is 0 Å². The fraction of sp³-hybridized carbons (Fsp3) is 0.833. The Balaban J connectivity index is 1.66. The molecule has 0 aliphatic carbocycles. The summed E-state index contributed by atoms with van der Waals surface area (Å²) in [6, 6.07) is -2.79. The lowest BCUT2D eigenvalue weighted by Gasteiger charge is -2.33. The Labute approximate surface area is 138 Å². The maximum atomic E-state index is 13.8. The van der Waals surface area contributed by atoms with Gasteiger partial charge in [-0.3, -0.25) is 9.35 Å². The molecule has 2 bridgehead atoms. The van der Waals surface area contributed by atoms with Crippen molar-refractivity contribution in [3.63, 3.8) is 0 Å². The number of alkyl halides is 1. The van der Waals surface area contributed by atoms with Crippen molar-refractivity contribution >= 4 is 22.3 Å². The molecule has 3 heterocycles. The molecule has 24 heavy (non-hydrogen) atoms. The maximum absolute atomic E-state index is 13.8. The summed E-state index contributed by atoms with van der Waals surface area (Å²) in [5.41, 5.74) is 0. The minimum atomic E-state index is -4.83. The molecule has 10 nitrogen and oxygen atoms in total. The molecule has 3 fully saturated rings. The van der Waals surface area contributed by atoms with E-state index in [1.807, 2.05) is 0 Å². The summed E-state index contributed by atoms with van der Waals surface area (Å²) in [5.74, 6) is -0.468. The molecule has 4 atom stereocenters. The molecular formula is C12H19FN4O6S. The van der Waals surface area contributed by atoms with Crippen molar-refractivity contribution < 1.29 is 31.2 Å². The topological polar surface area (TPSA) is 128 Å². The predicted octanol–water partition coefficient (Wildman–Crippen LogP) is -1.19. The second-order valence-electron chi connectivity index (χ2n) is 6.13. The zero-order chi connectivity index (χ0) is 17.5. The highest BCUT2D eigenvalue weighted by molar-refractivity contribution is 7.80. The molecule has 0 radical (unpaired) electrons. The van der Waals surface area contributed by atoms with E-state index < -0.39 is 46.6 Å². The first-order chi connectivity index (χ1) is 11.3. The van der Waals surface area contributed by atoms with Gasteiger partial charge in [-0.15, -0.1) is 4.28 Å². The van der Waals surface area contributed by atoms with Gasteiger partial charge in [-0.2, -0.15) is 13.5 Å². The molecular weight excluding hydrogens is 347 g/mol. The van der Waals surface area contributed by atoms with E-state index in [2.05, 4.69) is 14.9 Å². The van der Waals surface area contributed by atoms with Crippen molar-refractivity contribution in [2.24, 2.45) is 0 Å². The largest absolute Gasteiger partial charge is 0.418 e. The van der Waals surface area contributed by atoms with E-state index in [1.165, 1.54) is 4.90 Å². The first-order valence-corrected chi connectivity index (χ1v) is 9.05. The number of halogens is 1. The summed E-state index contributed by atoms with van der Waals surface area (Å²) in [4.78, 5) is 25.8. The van der Waals surface area contributed by atoms with Gasteiger partial charge in [0.05, 0.1) is 12.1 Å². The number of hydrogen-bond acceptors (Lipinski definition) is 6. The van der Waals surface area contributed by atoms with Crippen LogP contribution in [0.2, 0.25) is 0 Å². The average molecular weight is 366 g/mol. The first-order valence-electron chi connectivity index (χ1n) is 7.68. The quantitative estimate of drug-likeness (QED) is 0.534. The van der Waals surface area contributed by atoms with Crippen LogP contribution >= 0.6 is 0 Å². The van der Waals surface area contributed by atoms with Crippen LogP contribution in [0.15, 0.2) is 0 Å². The third-order valence-electron chi connectivity index (χ3n) is 4.54. The molecule has 3 rings (SSSR count). The number of amides is 3. The van der Waals surface area contributed by atoms with Gasteiger partial charge in [0.2, 0.25) is 5.91 Å². The summed E-state index contributed by atoms with van der Waals surface area (Å²) in [7, 11) is -4.83.